The van der Waals surface area contributed by atoms with Gasteiger partial charge in [-0.2, -0.15) is 0 Å². The minimum absolute atomic E-state index is 0.374. The van der Waals surface area contributed by atoms with Crippen molar-refractivity contribution in [1.82, 2.24) is 0 Å². The Morgan fingerprint density at radius 1 is 0.952 bits per heavy atom. The van der Waals surface area contributed by atoms with Crippen molar-refractivity contribution in [2.24, 2.45) is 0 Å². The molecule has 0 aliphatic rings. The predicted molar refractivity (Wildman–Crippen MR) is 72.2 cm³/mol. The van der Waals surface area contributed by atoms with Crippen LogP contribution in [0.1, 0.15) is 0 Å². The van der Waals surface area contributed by atoms with Crippen molar-refractivity contribution in [3.05, 3.63) is 30.3 Å². The number of amides is 1. The largest absolute Gasteiger partial charge is 0.394 e. The molecule has 0 aromatic heterocycles. The Labute approximate surface area is 120 Å². The first-order valence-corrected chi connectivity index (χ1v) is 6.25. The van der Waals surface area contributed by atoms with E-state index in [4.69, 9.17) is 10.2 Å². The van der Waals surface area contributed by atoms with Gasteiger partial charge in [-0.15, -0.1) is 0 Å². The molecule has 0 bridgehead atoms. The molecule has 21 heavy (non-hydrogen) atoms. The minimum atomic E-state index is -2.04. The molecule has 0 unspecified atom stereocenters. The van der Waals surface area contributed by atoms with Crippen molar-refractivity contribution >= 4 is 11.6 Å². The van der Waals surface area contributed by atoms with Crippen molar-refractivity contribution in [3.8, 4) is 0 Å². The number of carbonyl (C=O) groups is 1. The fourth-order valence-corrected chi connectivity index (χ4v) is 1.62. The zero-order valence-electron chi connectivity index (χ0n) is 11.1. The fraction of sp³-hybridized carbons (Fsp3) is 0.462. The lowest BCUT2D eigenvalue weighted by Gasteiger charge is -2.27. The van der Waals surface area contributed by atoms with Crippen LogP contribution >= 0.6 is 0 Å². The van der Waals surface area contributed by atoms with Gasteiger partial charge in [0.1, 0.15) is 24.4 Å². The molecule has 0 radical (unpaired) electrons. The van der Waals surface area contributed by atoms with Crippen LogP contribution in [-0.2, 0) is 4.79 Å². The summed E-state index contributed by atoms with van der Waals surface area (Å²) in [4.78, 5) is 11.7. The highest BCUT2D eigenvalue weighted by molar-refractivity contribution is 5.94. The van der Waals surface area contributed by atoms with Gasteiger partial charge in [0.25, 0.3) is 5.91 Å². The number of para-hydroxylation sites is 1. The highest BCUT2D eigenvalue weighted by Gasteiger charge is 2.37. The van der Waals surface area contributed by atoms with E-state index in [9.17, 15) is 25.2 Å². The SMILES string of the molecule is O=C(Nc1ccccc1)[C@H](O)[C@H](O)[C@H](O)[C@@H](O)[C@@H](O)CO. The molecule has 0 aliphatic carbocycles. The second kappa shape index (κ2) is 8.03. The Balaban J connectivity index is 2.64. The van der Waals surface area contributed by atoms with Crippen molar-refractivity contribution in [3.63, 3.8) is 0 Å². The molecule has 5 atom stereocenters. The number of aliphatic hydroxyl groups excluding tert-OH is 6. The predicted octanol–water partition coefficient (Wildman–Crippen LogP) is -2.58. The molecule has 1 amide bonds. The zero-order valence-corrected chi connectivity index (χ0v) is 11.1. The van der Waals surface area contributed by atoms with Crippen molar-refractivity contribution < 1.29 is 35.4 Å². The van der Waals surface area contributed by atoms with Crippen LogP contribution in [0.4, 0.5) is 5.69 Å². The molecule has 8 nitrogen and oxygen atoms in total. The maximum atomic E-state index is 11.7. The van der Waals surface area contributed by atoms with Gasteiger partial charge < -0.3 is 36.0 Å². The summed E-state index contributed by atoms with van der Waals surface area (Å²) >= 11 is 0. The smallest absolute Gasteiger partial charge is 0.256 e. The number of hydrogen-bond donors (Lipinski definition) is 7. The third kappa shape index (κ3) is 4.74. The highest BCUT2D eigenvalue weighted by atomic mass is 16.4. The number of anilines is 1. The van der Waals surface area contributed by atoms with Crippen molar-refractivity contribution in [1.29, 1.82) is 0 Å². The molecule has 0 aliphatic heterocycles. The third-order valence-corrected chi connectivity index (χ3v) is 2.91. The Kier molecular flexibility index (Phi) is 6.69. The van der Waals surface area contributed by atoms with E-state index in [1.807, 2.05) is 0 Å². The van der Waals surface area contributed by atoms with Gasteiger partial charge in [-0.3, -0.25) is 4.79 Å². The van der Waals surface area contributed by atoms with E-state index < -0.39 is 43.0 Å². The first kappa shape index (κ1) is 17.5. The van der Waals surface area contributed by atoms with Gasteiger partial charge >= 0.3 is 0 Å². The van der Waals surface area contributed by atoms with Crippen LogP contribution in [0, 0.1) is 0 Å². The number of hydrogen-bond acceptors (Lipinski definition) is 7. The van der Waals surface area contributed by atoms with E-state index in [2.05, 4.69) is 5.32 Å². The van der Waals surface area contributed by atoms with Gasteiger partial charge in [-0.25, -0.2) is 0 Å². The maximum Gasteiger partial charge on any atom is 0.256 e. The Bertz CT molecular complexity index is 441. The average Bonchev–Trinajstić information content (AvgIpc) is 2.52. The molecule has 0 saturated heterocycles. The summed E-state index contributed by atoms with van der Waals surface area (Å²) in [5, 5.41) is 58.3. The van der Waals surface area contributed by atoms with Gasteiger partial charge in [0.15, 0.2) is 6.10 Å². The molecule has 1 aromatic rings. The molecular weight excluding hydrogens is 282 g/mol. The maximum absolute atomic E-state index is 11.7. The summed E-state index contributed by atoms with van der Waals surface area (Å²) in [7, 11) is 0. The summed E-state index contributed by atoms with van der Waals surface area (Å²) in [6.45, 7) is -0.850. The first-order chi connectivity index (χ1) is 9.88. The topological polar surface area (TPSA) is 150 Å². The molecule has 8 heteroatoms. The van der Waals surface area contributed by atoms with E-state index in [0.29, 0.717) is 5.69 Å². The second-order valence-corrected chi connectivity index (χ2v) is 4.52. The lowest BCUT2D eigenvalue weighted by atomic mass is 9.99. The molecule has 7 N–H and O–H groups in total. The highest BCUT2D eigenvalue weighted by Crippen LogP contribution is 2.11. The molecule has 0 spiro atoms. The lowest BCUT2D eigenvalue weighted by Crippen LogP contribution is -2.52. The standard InChI is InChI=1S/C13H19NO7/c15-6-8(16)9(17)10(18)11(19)12(20)13(21)14-7-4-2-1-3-5-7/h1-5,8-12,15-20H,6H2,(H,14,21)/t8-,9-,10+,11+,12+/m0/s1. The summed E-state index contributed by atoms with van der Waals surface area (Å²) in [5.74, 6) is -0.988. The first-order valence-electron chi connectivity index (χ1n) is 6.25. The van der Waals surface area contributed by atoms with Crippen LogP contribution < -0.4 is 5.32 Å². The number of nitrogens with one attached hydrogen (secondary N) is 1. The van der Waals surface area contributed by atoms with Crippen LogP contribution in [0.5, 0.6) is 0 Å². The van der Waals surface area contributed by atoms with E-state index in [-0.39, 0.29) is 0 Å². The van der Waals surface area contributed by atoms with Gasteiger partial charge in [-0.05, 0) is 12.1 Å². The number of carbonyl (C=O) groups excluding carboxylic acids is 1. The molecule has 0 heterocycles. The van der Waals surface area contributed by atoms with E-state index in [1.54, 1.807) is 30.3 Å². The van der Waals surface area contributed by atoms with E-state index in [1.165, 1.54) is 0 Å². The molecule has 0 fully saturated rings. The van der Waals surface area contributed by atoms with Crippen LogP contribution in [0.25, 0.3) is 0 Å². The summed E-state index contributed by atoms with van der Waals surface area (Å²) in [6.07, 6.45) is -9.70. The van der Waals surface area contributed by atoms with Crippen molar-refractivity contribution in [2.45, 2.75) is 30.5 Å². The van der Waals surface area contributed by atoms with Gasteiger partial charge in [0, 0.05) is 5.69 Å². The van der Waals surface area contributed by atoms with Gasteiger partial charge in [0.05, 0.1) is 6.61 Å². The quantitative estimate of drug-likeness (QED) is 0.292. The monoisotopic (exact) mass is 301 g/mol. The van der Waals surface area contributed by atoms with Gasteiger partial charge in [-0.1, -0.05) is 18.2 Å². The van der Waals surface area contributed by atoms with Crippen molar-refractivity contribution in [2.75, 3.05) is 11.9 Å². The third-order valence-electron chi connectivity index (χ3n) is 2.91. The second-order valence-electron chi connectivity index (χ2n) is 4.52. The molecular formula is C13H19NO7. The van der Waals surface area contributed by atoms with Crippen LogP contribution in [0.3, 0.4) is 0 Å². The van der Waals surface area contributed by atoms with E-state index in [0.717, 1.165) is 0 Å². The van der Waals surface area contributed by atoms with E-state index >= 15 is 0 Å². The lowest BCUT2D eigenvalue weighted by molar-refractivity contribution is -0.153. The van der Waals surface area contributed by atoms with Crippen LogP contribution in [0.15, 0.2) is 30.3 Å². The molecule has 118 valence electrons. The summed E-state index contributed by atoms with van der Waals surface area (Å²) in [5.41, 5.74) is 0.374. The average molecular weight is 301 g/mol. The Morgan fingerprint density at radius 2 is 1.52 bits per heavy atom. The minimum Gasteiger partial charge on any atom is -0.394 e. The van der Waals surface area contributed by atoms with Crippen LogP contribution in [-0.4, -0.2) is 73.7 Å². The number of aliphatic hydroxyl groups is 6. The number of rotatable bonds is 7. The fourth-order valence-electron chi connectivity index (χ4n) is 1.62. The Morgan fingerprint density at radius 3 is 2.05 bits per heavy atom. The van der Waals surface area contributed by atoms with Gasteiger partial charge in [0.2, 0.25) is 0 Å². The number of benzene rings is 1. The zero-order chi connectivity index (χ0) is 16.0. The molecule has 0 saturated carbocycles. The normalized spacial score (nSPS) is 18.4. The van der Waals surface area contributed by atoms with Crippen LogP contribution in [0.2, 0.25) is 0 Å². The molecule has 1 aromatic carbocycles. The molecule has 1 rings (SSSR count). The summed E-state index contributed by atoms with van der Waals surface area (Å²) in [6, 6.07) is 8.12. The summed E-state index contributed by atoms with van der Waals surface area (Å²) < 4.78 is 0. The Hall–Kier alpha value is -1.55.